The van der Waals surface area contributed by atoms with E-state index in [1.165, 1.54) is 5.56 Å². The van der Waals surface area contributed by atoms with Crippen LogP contribution in [0.2, 0.25) is 0 Å². The van der Waals surface area contributed by atoms with Crippen LogP contribution in [-0.4, -0.2) is 16.1 Å². The van der Waals surface area contributed by atoms with Gasteiger partial charge in [-0.05, 0) is 55.4 Å². The van der Waals surface area contributed by atoms with Gasteiger partial charge in [0, 0.05) is 11.9 Å². The summed E-state index contributed by atoms with van der Waals surface area (Å²) in [6.45, 7) is 3.96. The fourth-order valence-electron chi connectivity index (χ4n) is 2.53. The number of aryl methyl sites for hydroxylation is 1. The summed E-state index contributed by atoms with van der Waals surface area (Å²) in [4.78, 5) is 15.3. The highest BCUT2D eigenvalue weighted by Gasteiger charge is 2.13. The Labute approximate surface area is 132 Å². The number of hydrogen-bond donors (Lipinski definition) is 1. The van der Waals surface area contributed by atoms with Crippen LogP contribution < -0.4 is 0 Å². The second-order valence-corrected chi connectivity index (χ2v) is 5.97. The largest absolute Gasteiger partial charge is 0.481 e. The average Bonchev–Trinajstić information content (AvgIpc) is 2.54. The molecule has 0 aliphatic rings. The van der Waals surface area contributed by atoms with Gasteiger partial charge in [-0.1, -0.05) is 37.3 Å². The quantitative estimate of drug-likeness (QED) is 0.837. The Kier molecular flexibility index (Phi) is 5.70. The highest BCUT2D eigenvalue weighted by atomic mass is 16.4. The number of carboxylic acids is 1. The number of hydrogen-bond acceptors (Lipinski definition) is 2. The molecule has 2 unspecified atom stereocenters. The third kappa shape index (κ3) is 4.69. The SMILES string of the molecule is CC(CCc1ccccn1)Cc1ccc(C(C)C(=O)O)cc1. The Balaban J connectivity index is 1.86. The summed E-state index contributed by atoms with van der Waals surface area (Å²) in [5.41, 5.74) is 3.26. The highest BCUT2D eigenvalue weighted by molar-refractivity contribution is 5.75. The van der Waals surface area contributed by atoms with Crippen molar-refractivity contribution in [2.24, 2.45) is 5.92 Å². The minimum absolute atomic E-state index is 0.448. The molecule has 1 aromatic carbocycles. The van der Waals surface area contributed by atoms with Gasteiger partial charge in [0.2, 0.25) is 0 Å². The molecule has 0 radical (unpaired) electrons. The van der Waals surface area contributed by atoms with E-state index in [0.717, 1.165) is 30.5 Å². The number of aliphatic carboxylic acids is 1. The lowest BCUT2D eigenvalue weighted by Crippen LogP contribution is -2.07. The van der Waals surface area contributed by atoms with Crippen molar-refractivity contribution in [3.63, 3.8) is 0 Å². The molecule has 0 saturated carbocycles. The normalized spacial score (nSPS) is 13.5. The van der Waals surface area contributed by atoms with E-state index in [1.54, 1.807) is 6.92 Å². The van der Waals surface area contributed by atoms with E-state index in [1.807, 2.05) is 42.6 Å². The molecule has 1 heterocycles. The van der Waals surface area contributed by atoms with Crippen molar-refractivity contribution in [2.45, 2.75) is 39.0 Å². The fraction of sp³-hybridized carbons (Fsp3) is 0.368. The molecular formula is C19H23NO2. The van der Waals surface area contributed by atoms with Gasteiger partial charge in [0.25, 0.3) is 0 Å². The molecule has 3 nitrogen and oxygen atoms in total. The summed E-state index contributed by atoms with van der Waals surface area (Å²) in [6.07, 6.45) is 4.94. The maximum absolute atomic E-state index is 11.0. The summed E-state index contributed by atoms with van der Waals surface area (Å²) >= 11 is 0. The number of aromatic nitrogens is 1. The van der Waals surface area contributed by atoms with Crippen LogP contribution in [0.1, 0.15) is 43.0 Å². The zero-order valence-corrected chi connectivity index (χ0v) is 13.2. The third-order valence-electron chi connectivity index (χ3n) is 4.05. The topological polar surface area (TPSA) is 50.2 Å². The van der Waals surface area contributed by atoms with Crippen molar-refractivity contribution in [3.05, 3.63) is 65.5 Å². The van der Waals surface area contributed by atoms with E-state index in [9.17, 15) is 4.79 Å². The van der Waals surface area contributed by atoms with E-state index in [4.69, 9.17) is 5.11 Å². The van der Waals surface area contributed by atoms with Crippen molar-refractivity contribution in [1.29, 1.82) is 0 Å². The Bertz CT molecular complexity index is 593. The first-order valence-corrected chi connectivity index (χ1v) is 7.78. The van der Waals surface area contributed by atoms with Gasteiger partial charge in [-0.15, -0.1) is 0 Å². The number of rotatable bonds is 7. The summed E-state index contributed by atoms with van der Waals surface area (Å²) in [5.74, 6) is -0.656. The molecule has 0 saturated heterocycles. The number of benzene rings is 1. The molecule has 2 rings (SSSR count). The maximum Gasteiger partial charge on any atom is 0.310 e. The lowest BCUT2D eigenvalue weighted by Gasteiger charge is -2.12. The Hall–Kier alpha value is -2.16. The van der Waals surface area contributed by atoms with Crippen LogP contribution >= 0.6 is 0 Å². The molecule has 0 aliphatic heterocycles. The van der Waals surface area contributed by atoms with Gasteiger partial charge in [0.1, 0.15) is 0 Å². The smallest absolute Gasteiger partial charge is 0.310 e. The molecule has 3 heteroatoms. The first-order valence-electron chi connectivity index (χ1n) is 7.78. The van der Waals surface area contributed by atoms with Gasteiger partial charge < -0.3 is 5.11 Å². The second-order valence-electron chi connectivity index (χ2n) is 5.97. The standard InChI is InChI=1S/C19H23NO2/c1-14(6-11-18-5-3-4-12-20-18)13-16-7-9-17(10-8-16)15(2)19(21)22/h3-5,7-10,12,14-15H,6,11,13H2,1-2H3,(H,21,22). The number of carboxylic acid groups (broad SMARTS) is 1. The predicted molar refractivity (Wildman–Crippen MR) is 87.9 cm³/mol. The van der Waals surface area contributed by atoms with Crippen LogP contribution in [0.15, 0.2) is 48.7 Å². The minimum Gasteiger partial charge on any atom is -0.481 e. The van der Waals surface area contributed by atoms with Crippen LogP contribution in [0.5, 0.6) is 0 Å². The van der Waals surface area contributed by atoms with Gasteiger partial charge >= 0.3 is 5.97 Å². The first kappa shape index (κ1) is 16.2. The summed E-state index contributed by atoms with van der Waals surface area (Å²) in [6, 6.07) is 14.0. The van der Waals surface area contributed by atoms with Gasteiger partial charge in [-0.2, -0.15) is 0 Å². The number of carbonyl (C=O) groups is 1. The molecule has 0 aliphatic carbocycles. The van der Waals surface area contributed by atoms with Crippen LogP contribution in [-0.2, 0) is 17.6 Å². The van der Waals surface area contributed by atoms with Crippen LogP contribution in [0, 0.1) is 5.92 Å². The zero-order chi connectivity index (χ0) is 15.9. The molecule has 0 fully saturated rings. The van der Waals surface area contributed by atoms with Gasteiger partial charge in [-0.25, -0.2) is 0 Å². The van der Waals surface area contributed by atoms with E-state index >= 15 is 0 Å². The molecule has 1 aromatic heterocycles. The lowest BCUT2D eigenvalue weighted by molar-refractivity contribution is -0.138. The summed E-state index contributed by atoms with van der Waals surface area (Å²) in [7, 11) is 0. The van der Waals surface area contributed by atoms with Gasteiger partial charge in [0.15, 0.2) is 0 Å². The molecule has 2 atom stereocenters. The Morgan fingerprint density at radius 3 is 2.45 bits per heavy atom. The average molecular weight is 297 g/mol. The predicted octanol–water partition coefficient (Wildman–Crippen LogP) is 4.08. The van der Waals surface area contributed by atoms with E-state index in [0.29, 0.717) is 5.92 Å². The molecule has 22 heavy (non-hydrogen) atoms. The molecule has 0 amide bonds. The molecule has 1 N–H and O–H groups in total. The second kappa shape index (κ2) is 7.74. The van der Waals surface area contributed by atoms with Gasteiger partial charge in [0.05, 0.1) is 5.92 Å². The van der Waals surface area contributed by atoms with Crippen LogP contribution in [0.25, 0.3) is 0 Å². The van der Waals surface area contributed by atoms with E-state index in [2.05, 4.69) is 18.0 Å². The Morgan fingerprint density at radius 2 is 1.86 bits per heavy atom. The first-order chi connectivity index (χ1) is 10.6. The van der Waals surface area contributed by atoms with E-state index in [-0.39, 0.29) is 0 Å². The van der Waals surface area contributed by atoms with Crippen LogP contribution in [0.3, 0.4) is 0 Å². The number of pyridine rings is 1. The molecule has 116 valence electrons. The van der Waals surface area contributed by atoms with Crippen LogP contribution in [0.4, 0.5) is 0 Å². The summed E-state index contributed by atoms with van der Waals surface area (Å²) < 4.78 is 0. The molecule has 2 aromatic rings. The van der Waals surface area contributed by atoms with Crippen molar-refractivity contribution in [1.82, 2.24) is 4.98 Å². The maximum atomic E-state index is 11.0. The van der Waals surface area contributed by atoms with Gasteiger partial charge in [-0.3, -0.25) is 9.78 Å². The molecule has 0 bridgehead atoms. The molecule has 0 spiro atoms. The van der Waals surface area contributed by atoms with Crippen molar-refractivity contribution in [2.75, 3.05) is 0 Å². The molecular weight excluding hydrogens is 274 g/mol. The monoisotopic (exact) mass is 297 g/mol. The summed E-state index contributed by atoms with van der Waals surface area (Å²) in [5, 5.41) is 9.02. The van der Waals surface area contributed by atoms with E-state index < -0.39 is 11.9 Å². The van der Waals surface area contributed by atoms with Crippen molar-refractivity contribution < 1.29 is 9.90 Å². The Morgan fingerprint density at radius 1 is 1.14 bits per heavy atom. The lowest BCUT2D eigenvalue weighted by atomic mass is 9.93. The fourth-order valence-corrected chi connectivity index (χ4v) is 2.53. The minimum atomic E-state index is -0.781. The van der Waals surface area contributed by atoms with Crippen molar-refractivity contribution >= 4 is 5.97 Å². The third-order valence-corrected chi connectivity index (χ3v) is 4.05. The number of nitrogens with zero attached hydrogens (tertiary/aromatic N) is 1. The highest BCUT2D eigenvalue weighted by Crippen LogP contribution is 2.19. The zero-order valence-electron chi connectivity index (χ0n) is 13.2. The van der Waals surface area contributed by atoms with Crippen molar-refractivity contribution in [3.8, 4) is 0 Å².